The van der Waals surface area contributed by atoms with Crippen LogP contribution in [0.25, 0.3) is 0 Å². The molecule has 0 saturated carbocycles. The maximum Gasteiger partial charge on any atom is 0.225 e. The predicted molar refractivity (Wildman–Crippen MR) is 118 cm³/mol. The Bertz CT molecular complexity index is 701. The lowest BCUT2D eigenvalue weighted by Crippen LogP contribution is -2.42. The van der Waals surface area contributed by atoms with E-state index in [-0.39, 0.29) is 23.8 Å². The van der Waals surface area contributed by atoms with Crippen molar-refractivity contribution >= 4 is 23.2 Å². The van der Waals surface area contributed by atoms with Crippen LogP contribution in [0, 0.1) is 5.92 Å². The summed E-state index contributed by atoms with van der Waals surface area (Å²) in [5.41, 5.74) is 0.964. The van der Waals surface area contributed by atoms with Crippen LogP contribution in [0.5, 0.6) is 17.2 Å². The van der Waals surface area contributed by atoms with E-state index in [4.69, 9.17) is 26.4 Å². The Hall–Kier alpha value is -2.22. The first-order chi connectivity index (χ1) is 13.9. The molecule has 1 aliphatic heterocycles. The van der Waals surface area contributed by atoms with Gasteiger partial charge >= 0.3 is 0 Å². The summed E-state index contributed by atoms with van der Waals surface area (Å²) < 4.78 is 16.5. The Morgan fingerprint density at radius 3 is 2.28 bits per heavy atom. The van der Waals surface area contributed by atoms with Crippen molar-refractivity contribution in [3.63, 3.8) is 0 Å². The van der Waals surface area contributed by atoms with E-state index in [9.17, 15) is 4.79 Å². The molecule has 162 valence electrons. The first-order valence-electron chi connectivity index (χ1n) is 9.99. The lowest BCUT2D eigenvalue weighted by Gasteiger charge is -2.22. The molecular weight excluding hydrogens is 390 g/mol. The third-order valence-corrected chi connectivity index (χ3v) is 5.40. The van der Waals surface area contributed by atoms with Gasteiger partial charge in [-0.1, -0.05) is 6.92 Å². The van der Waals surface area contributed by atoms with Gasteiger partial charge in [0.25, 0.3) is 0 Å². The fraction of sp³-hybridized carbons (Fsp3) is 0.619. The van der Waals surface area contributed by atoms with Crippen LogP contribution in [-0.4, -0.2) is 62.9 Å². The molecule has 1 amide bonds. The lowest BCUT2D eigenvalue weighted by molar-refractivity contribution is -0.124. The molecule has 0 bridgehead atoms. The van der Waals surface area contributed by atoms with Crippen molar-refractivity contribution in [1.82, 2.24) is 15.5 Å². The van der Waals surface area contributed by atoms with E-state index in [1.807, 2.05) is 32.9 Å². The number of carbonyl (C=O) groups excluding carboxylic acids is 1. The number of carbonyl (C=O) groups is 1. The smallest absolute Gasteiger partial charge is 0.225 e. The summed E-state index contributed by atoms with van der Waals surface area (Å²) in [5, 5.41) is 6.99. The van der Waals surface area contributed by atoms with E-state index >= 15 is 0 Å². The molecule has 0 radical (unpaired) electrons. The molecule has 8 heteroatoms. The Morgan fingerprint density at radius 2 is 1.79 bits per heavy atom. The van der Waals surface area contributed by atoms with Crippen molar-refractivity contribution < 1.29 is 19.0 Å². The molecular formula is C21H33N3O4S. The zero-order valence-corrected chi connectivity index (χ0v) is 19.0. The minimum atomic E-state index is -0.226. The van der Waals surface area contributed by atoms with Gasteiger partial charge in [0.05, 0.1) is 27.2 Å². The molecule has 1 aromatic carbocycles. The standard InChI is InChI=1S/C21H33N3O4S/c1-7-8-22-20(25)16-12-24(21(29)23-13(2)3)11-15(16)14-9-17(26-4)19(28-6)18(10-14)27-5/h9-10,13,15-16H,7-8,11-12H2,1-6H3,(H,22,25)(H,23,29)/t15-,16+/m1/s1. The zero-order chi connectivity index (χ0) is 21.6. The van der Waals surface area contributed by atoms with Gasteiger partial charge in [0.2, 0.25) is 11.7 Å². The van der Waals surface area contributed by atoms with Crippen LogP contribution in [0.3, 0.4) is 0 Å². The highest BCUT2D eigenvalue weighted by Crippen LogP contribution is 2.43. The predicted octanol–water partition coefficient (Wildman–Crippen LogP) is 2.54. The summed E-state index contributed by atoms with van der Waals surface area (Å²) in [5.74, 6) is 1.47. The number of hydrogen-bond acceptors (Lipinski definition) is 5. The van der Waals surface area contributed by atoms with Crippen LogP contribution < -0.4 is 24.8 Å². The monoisotopic (exact) mass is 423 g/mol. The molecule has 2 atom stereocenters. The second kappa shape index (κ2) is 10.5. The first-order valence-corrected chi connectivity index (χ1v) is 10.4. The van der Waals surface area contributed by atoms with Crippen LogP contribution in [0.15, 0.2) is 12.1 Å². The maximum atomic E-state index is 12.9. The molecule has 1 fully saturated rings. The number of hydrogen-bond donors (Lipinski definition) is 2. The van der Waals surface area contributed by atoms with Gasteiger partial charge < -0.3 is 29.7 Å². The van der Waals surface area contributed by atoms with E-state index in [1.54, 1.807) is 21.3 Å². The second-order valence-corrected chi connectivity index (χ2v) is 7.86. The molecule has 7 nitrogen and oxygen atoms in total. The van der Waals surface area contributed by atoms with Gasteiger partial charge in [-0.05, 0) is 50.2 Å². The van der Waals surface area contributed by atoms with Crippen molar-refractivity contribution in [2.45, 2.75) is 39.2 Å². The number of methoxy groups -OCH3 is 3. The molecule has 0 aliphatic carbocycles. The highest BCUT2D eigenvalue weighted by molar-refractivity contribution is 7.80. The average molecular weight is 424 g/mol. The molecule has 29 heavy (non-hydrogen) atoms. The number of ether oxygens (including phenoxy) is 3. The molecule has 1 aromatic rings. The van der Waals surface area contributed by atoms with Gasteiger partial charge in [0.1, 0.15) is 0 Å². The highest BCUT2D eigenvalue weighted by atomic mass is 32.1. The molecule has 0 spiro atoms. The van der Waals surface area contributed by atoms with Crippen molar-refractivity contribution in [1.29, 1.82) is 0 Å². The number of rotatable bonds is 8. The van der Waals surface area contributed by atoms with E-state index in [0.717, 1.165) is 12.0 Å². The van der Waals surface area contributed by atoms with Crippen molar-refractivity contribution in [3.05, 3.63) is 17.7 Å². The van der Waals surface area contributed by atoms with Gasteiger partial charge in [0, 0.05) is 31.6 Å². The third kappa shape index (κ3) is 5.44. The molecule has 2 N–H and O–H groups in total. The van der Waals surface area contributed by atoms with Gasteiger partial charge in [-0.15, -0.1) is 0 Å². The van der Waals surface area contributed by atoms with E-state index in [1.165, 1.54) is 0 Å². The van der Waals surface area contributed by atoms with Gasteiger partial charge in [-0.2, -0.15) is 0 Å². The van der Waals surface area contributed by atoms with E-state index < -0.39 is 0 Å². The highest BCUT2D eigenvalue weighted by Gasteiger charge is 2.40. The molecule has 0 unspecified atom stereocenters. The van der Waals surface area contributed by atoms with Crippen LogP contribution in [0.2, 0.25) is 0 Å². The first kappa shape index (κ1) is 23.1. The Labute approximate surface area is 179 Å². The minimum Gasteiger partial charge on any atom is -0.493 e. The SMILES string of the molecule is CCCNC(=O)[C@H]1CN(C(=S)NC(C)C)C[C@@H]1c1cc(OC)c(OC)c(OC)c1. The molecule has 0 aromatic heterocycles. The normalized spacial score (nSPS) is 18.5. The summed E-state index contributed by atoms with van der Waals surface area (Å²) in [4.78, 5) is 15.0. The number of amides is 1. The number of likely N-dealkylation sites (tertiary alicyclic amines) is 1. The van der Waals surface area contributed by atoms with Crippen LogP contribution in [-0.2, 0) is 4.79 Å². The molecule has 2 rings (SSSR count). The van der Waals surface area contributed by atoms with Crippen LogP contribution >= 0.6 is 12.2 Å². The number of nitrogens with zero attached hydrogens (tertiary/aromatic N) is 1. The largest absolute Gasteiger partial charge is 0.493 e. The second-order valence-electron chi connectivity index (χ2n) is 7.47. The van der Waals surface area contributed by atoms with Crippen LogP contribution in [0.1, 0.15) is 38.7 Å². The topological polar surface area (TPSA) is 72.1 Å². The summed E-state index contributed by atoms with van der Waals surface area (Å²) in [6, 6.07) is 4.08. The quantitative estimate of drug-likeness (QED) is 0.623. The van der Waals surface area contributed by atoms with E-state index in [2.05, 4.69) is 15.5 Å². The summed E-state index contributed by atoms with van der Waals surface area (Å²) in [6.07, 6.45) is 0.893. The summed E-state index contributed by atoms with van der Waals surface area (Å²) >= 11 is 5.57. The van der Waals surface area contributed by atoms with Crippen molar-refractivity contribution in [2.24, 2.45) is 5.92 Å². The van der Waals surface area contributed by atoms with Crippen molar-refractivity contribution in [3.8, 4) is 17.2 Å². The molecule has 1 heterocycles. The maximum absolute atomic E-state index is 12.9. The number of benzene rings is 1. The Morgan fingerprint density at radius 1 is 1.17 bits per heavy atom. The van der Waals surface area contributed by atoms with Gasteiger partial charge in [0.15, 0.2) is 16.6 Å². The molecule has 1 aliphatic rings. The minimum absolute atomic E-state index is 0.0421. The zero-order valence-electron chi connectivity index (χ0n) is 18.2. The number of thiocarbonyl (C=S) groups is 1. The van der Waals surface area contributed by atoms with Crippen molar-refractivity contribution in [2.75, 3.05) is 41.0 Å². The summed E-state index contributed by atoms with van der Waals surface area (Å²) in [6.45, 7) is 8.00. The van der Waals surface area contributed by atoms with Gasteiger partial charge in [-0.3, -0.25) is 4.79 Å². The van der Waals surface area contributed by atoms with Gasteiger partial charge in [-0.25, -0.2) is 0 Å². The fourth-order valence-corrected chi connectivity index (χ4v) is 3.99. The Kier molecular flexibility index (Phi) is 8.37. The number of nitrogens with one attached hydrogen (secondary N) is 2. The lowest BCUT2D eigenvalue weighted by atomic mass is 9.88. The average Bonchev–Trinajstić information content (AvgIpc) is 3.16. The van der Waals surface area contributed by atoms with Crippen LogP contribution in [0.4, 0.5) is 0 Å². The third-order valence-electron chi connectivity index (χ3n) is 5.02. The molecule has 1 saturated heterocycles. The fourth-order valence-electron chi connectivity index (χ4n) is 3.61. The van der Waals surface area contributed by atoms with E-state index in [0.29, 0.717) is 42.0 Å². The Balaban J connectivity index is 2.39. The summed E-state index contributed by atoms with van der Waals surface area (Å²) in [7, 11) is 4.76.